The maximum atomic E-state index is 4.74. The van der Waals surface area contributed by atoms with E-state index in [-0.39, 0.29) is 5.41 Å². The molecule has 4 rings (SSSR count). The number of aromatic nitrogens is 6. The first-order valence-electron chi connectivity index (χ1n) is 8.54. The molecular weight excluding hydrogens is 312 g/mol. The van der Waals surface area contributed by atoms with Crippen molar-refractivity contribution < 1.29 is 0 Å². The molecule has 0 aliphatic rings. The fourth-order valence-electron chi connectivity index (χ4n) is 3.14. The van der Waals surface area contributed by atoms with Gasteiger partial charge in [-0.05, 0) is 29.7 Å². The number of hydrogen-bond acceptors (Lipinski definition) is 4. The summed E-state index contributed by atoms with van der Waals surface area (Å²) in [5, 5.41) is 9.14. The number of pyridine rings is 2. The molecule has 0 unspecified atom stereocenters. The Hall–Kier alpha value is -2.76. The van der Waals surface area contributed by atoms with Crippen molar-refractivity contribution in [3.05, 3.63) is 48.0 Å². The molecule has 0 N–H and O–H groups in total. The van der Waals surface area contributed by atoms with E-state index in [1.54, 1.807) is 6.33 Å². The molecule has 0 fully saturated rings. The molecule has 0 radical (unpaired) electrons. The molecule has 0 bridgehead atoms. The Morgan fingerprint density at radius 2 is 1.76 bits per heavy atom. The molecule has 0 saturated carbocycles. The first kappa shape index (κ1) is 15.7. The Labute approximate surface area is 146 Å². The first-order chi connectivity index (χ1) is 11.8. The lowest BCUT2D eigenvalue weighted by atomic mass is 9.88. The highest BCUT2D eigenvalue weighted by Crippen LogP contribution is 2.32. The summed E-state index contributed by atoms with van der Waals surface area (Å²) in [6.07, 6.45) is 3.64. The quantitative estimate of drug-likeness (QED) is 0.558. The zero-order chi connectivity index (χ0) is 17.8. The van der Waals surface area contributed by atoms with Crippen molar-refractivity contribution in [1.29, 1.82) is 0 Å². The van der Waals surface area contributed by atoms with E-state index in [0.29, 0.717) is 11.7 Å². The molecule has 0 amide bonds. The van der Waals surface area contributed by atoms with Gasteiger partial charge in [0.25, 0.3) is 0 Å². The Balaban J connectivity index is 1.96. The van der Waals surface area contributed by atoms with Crippen LogP contribution in [-0.2, 0) is 5.41 Å². The van der Waals surface area contributed by atoms with E-state index < -0.39 is 0 Å². The van der Waals surface area contributed by atoms with Gasteiger partial charge in [0, 0.05) is 17.2 Å². The summed E-state index contributed by atoms with van der Waals surface area (Å²) in [5.41, 5.74) is 4.84. The molecule has 0 aromatic carbocycles. The molecule has 0 aliphatic heterocycles. The maximum Gasteiger partial charge on any atom is 0.184 e. The Morgan fingerprint density at radius 1 is 1.00 bits per heavy atom. The van der Waals surface area contributed by atoms with Gasteiger partial charge in [0.1, 0.15) is 6.33 Å². The topological polar surface area (TPSA) is 60.4 Å². The van der Waals surface area contributed by atoms with Crippen LogP contribution in [0, 0.1) is 0 Å². The first-order valence-corrected chi connectivity index (χ1v) is 8.54. The van der Waals surface area contributed by atoms with E-state index in [0.717, 1.165) is 22.6 Å². The molecule has 0 saturated heterocycles. The van der Waals surface area contributed by atoms with Gasteiger partial charge in [0.2, 0.25) is 0 Å². The largest absolute Gasteiger partial charge is 0.220 e. The van der Waals surface area contributed by atoms with Crippen LogP contribution in [0.25, 0.3) is 22.7 Å². The lowest BCUT2D eigenvalue weighted by Gasteiger charge is -2.22. The third kappa shape index (κ3) is 2.58. The minimum atomic E-state index is -0.122. The van der Waals surface area contributed by atoms with Gasteiger partial charge >= 0.3 is 0 Å². The molecule has 6 heteroatoms. The Morgan fingerprint density at radius 3 is 2.48 bits per heavy atom. The van der Waals surface area contributed by atoms with Crippen molar-refractivity contribution in [1.82, 2.24) is 29.2 Å². The van der Waals surface area contributed by atoms with Gasteiger partial charge in [0.15, 0.2) is 17.1 Å². The van der Waals surface area contributed by atoms with Crippen LogP contribution in [0.4, 0.5) is 0 Å². The summed E-state index contributed by atoms with van der Waals surface area (Å²) in [4.78, 5) is 9.05. The number of fused-ring (bicyclic) bond motifs is 2. The molecule has 4 heterocycles. The van der Waals surface area contributed by atoms with Crippen LogP contribution in [0.1, 0.15) is 51.8 Å². The lowest BCUT2D eigenvalue weighted by molar-refractivity contribution is 0.550. The molecule has 25 heavy (non-hydrogen) atoms. The van der Waals surface area contributed by atoms with Gasteiger partial charge in [-0.3, -0.25) is 0 Å². The van der Waals surface area contributed by atoms with Gasteiger partial charge in [0.05, 0.1) is 5.69 Å². The number of hydrogen-bond donors (Lipinski definition) is 0. The monoisotopic (exact) mass is 334 g/mol. The van der Waals surface area contributed by atoms with Crippen molar-refractivity contribution in [3.63, 3.8) is 0 Å². The zero-order valence-corrected chi connectivity index (χ0v) is 15.2. The maximum absolute atomic E-state index is 4.74. The predicted octanol–water partition coefficient (Wildman–Crippen LogP) is 3.86. The minimum absolute atomic E-state index is 0.122. The number of nitrogens with zero attached hydrogens (tertiary/aromatic N) is 6. The molecular formula is C19H22N6. The van der Waals surface area contributed by atoms with Crippen LogP contribution < -0.4 is 0 Å². The average molecular weight is 334 g/mol. The van der Waals surface area contributed by atoms with Crippen molar-refractivity contribution in [2.75, 3.05) is 0 Å². The lowest BCUT2D eigenvalue weighted by Crippen LogP contribution is -2.19. The third-order valence-corrected chi connectivity index (χ3v) is 4.41. The molecule has 128 valence electrons. The standard InChI is InChI=1S/C19H22N6/c1-12(2)13-6-8-16-22-18(23-24(16)10-13)14-7-9-15-20-11-21-25(15)17(14)19(3,4)5/h6-12H,1-5H3. The SMILES string of the molecule is CC(C)c1ccc2nc(-c3ccc4ncnn4c3C(C)(C)C)nn2c1. The summed E-state index contributed by atoms with van der Waals surface area (Å²) in [5.74, 6) is 1.16. The van der Waals surface area contributed by atoms with E-state index in [9.17, 15) is 0 Å². The van der Waals surface area contributed by atoms with E-state index in [2.05, 4.69) is 57.0 Å². The number of rotatable bonds is 2. The van der Waals surface area contributed by atoms with E-state index in [4.69, 9.17) is 10.1 Å². The summed E-state index contributed by atoms with van der Waals surface area (Å²) in [7, 11) is 0. The molecule has 6 nitrogen and oxygen atoms in total. The van der Waals surface area contributed by atoms with Crippen molar-refractivity contribution in [2.24, 2.45) is 0 Å². The summed E-state index contributed by atoms with van der Waals surface area (Å²) in [6.45, 7) is 10.9. The highest BCUT2D eigenvalue weighted by Gasteiger charge is 2.25. The molecule has 0 spiro atoms. The predicted molar refractivity (Wildman–Crippen MR) is 97.8 cm³/mol. The normalized spacial score (nSPS) is 12.6. The molecule has 4 aromatic rings. The average Bonchev–Trinajstić information content (AvgIpc) is 3.18. The van der Waals surface area contributed by atoms with Crippen LogP contribution >= 0.6 is 0 Å². The van der Waals surface area contributed by atoms with Crippen molar-refractivity contribution in [2.45, 2.75) is 46.0 Å². The van der Waals surface area contributed by atoms with E-state index >= 15 is 0 Å². The minimum Gasteiger partial charge on any atom is -0.220 e. The van der Waals surface area contributed by atoms with Crippen molar-refractivity contribution >= 4 is 11.3 Å². The second-order valence-electron chi connectivity index (χ2n) is 7.73. The van der Waals surface area contributed by atoms with Gasteiger partial charge < -0.3 is 0 Å². The van der Waals surface area contributed by atoms with Gasteiger partial charge in [-0.1, -0.05) is 40.7 Å². The zero-order valence-electron chi connectivity index (χ0n) is 15.2. The Bertz CT molecular complexity index is 1060. The smallest absolute Gasteiger partial charge is 0.184 e. The fraction of sp³-hybridized carbons (Fsp3) is 0.368. The van der Waals surface area contributed by atoms with Crippen LogP contribution in [0.3, 0.4) is 0 Å². The van der Waals surface area contributed by atoms with Crippen LogP contribution in [0.15, 0.2) is 36.8 Å². The van der Waals surface area contributed by atoms with Gasteiger partial charge in [-0.25, -0.2) is 19.0 Å². The molecule has 4 aromatic heterocycles. The highest BCUT2D eigenvalue weighted by molar-refractivity contribution is 5.65. The van der Waals surface area contributed by atoms with E-state index in [1.165, 1.54) is 5.56 Å². The molecule has 0 aliphatic carbocycles. The summed E-state index contributed by atoms with van der Waals surface area (Å²) >= 11 is 0. The fourth-order valence-corrected chi connectivity index (χ4v) is 3.14. The van der Waals surface area contributed by atoms with Crippen LogP contribution in [-0.4, -0.2) is 29.2 Å². The van der Waals surface area contributed by atoms with E-state index in [1.807, 2.05) is 27.2 Å². The second-order valence-corrected chi connectivity index (χ2v) is 7.73. The Kier molecular flexibility index (Phi) is 3.39. The summed E-state index contributed by atoms with van der Waals surface area (Å²) < 4.78 is 3.75. The second kappa shape index (κ2) is 5.37. The van der Waals surface area contributed by atoms with Gasteiger partial charge in [-0.2, -0.15) is 5.10 Å². The van der Waals surface area contributed by atoms with Gasteiger partial charge in [-0.15, -0.1) is 5.10 Å². The van der Waals surface area contributed by atoms with Crippen molar-refractivity contribution in [3.8, 4) is 11.4 Å². The van der Waals surface area contributed by atoms with Crippen LogP contribution in [0.2, 0.25) is 0 Å². The molecule has 0 atom stereocenters. The van der Waals surface area contributed by atoms with Crippen LogP contribution in [0.5, 0.6) is 0 Å². The third-order valence-electron chi connectivity index (χ3n) is 4.41. The summed E-state index contributed by atoms with van der Waals surface area (Å²) in [6, 6.07) is 8.14. The highest BCUT2D eigenvalue weighted by atomic mass is 15.3.